The van der Waals surface area contributed by atoms with Gasteiger partial charge >= 0.3 is 0 Å². The predicted octanol–water partition coefficient (Wildman–Crippen LogP) is 13.7. The van der Waals surface area contributed by atoms with Crippen molar-refractivity contribution in [3.05, 3.63) is 166 Å². The highest BCUT2D eigenvalue weighted by molar-refractivity contribution is 5.33. The lowest BCUT2D eigenvalue weighted by atomic mass is 9.61. The molecule has 0 heterocycles. The van der Waals surface area contributed by atoms with E-state index in [1.54, 1.807) is 0 Å². The summed E-state index contributed by atoms with van der Waals surface area (Å²) in [5, 5.41) is 19.9. The Labute approximate surface area is 320 Å². The Balaban J connectivity index is 2.72. The molecule has 3 atom stereocenters. The summed E-state index contributed by atoms with van der Waals surface area (Å²) in [6.07, 6.45) is 46.1. The fourth-order valence-electron chi connectivity index (χ4n) is 6.04. The Hall–Kier alpha value is -3.72. The summed E-state index contributed by atoms with van der Waals surface area (Å²) in [4.78, 5) is 0. The lowest BCUT2D eigenvalue weighted by Gasteiger charge is -2.43. The minimum atomic E-state index is -0.759. The molecule has 2 N–H and O–H groups in total. The van der Waals surface area contributed by atoms with Crippen LogP contribution in [0.1, 0.15) is 109 Å². The van der Waals surface area contributed by atoms with Gasteiger partial charge in [0.2, 0.25) is 0 Å². The summed E-state index contributed by atoms with van der Waals surface area (Å²) in [7, 11) is 0. The number of hydrogen-bond donors (Lipinski definition) is 2. The Morgan fingerprint density at radius 1 is 0.731 bits per heavy atom. The van der Waals surface area contributed by atoms with E-state index in [1.165, 1.54) is 33.4 Å². The molecule has 0 aromatic rings. The van der Waals surface area contributed by atoms with E-state index < -0.39 is 5.60 Å². The first kappa shape index (κ1) is 46.3. The molecular formula is C50H72O2. The molecule has 0 radical (unpaired) electrons. The average Bonchev–Trinajstić information content (AvgIpc) is 3.05. The number of aliphatic hydroxyl groups is 2. The van der Waals surface area contributed by atoms with Gasteiger partial charge in [0.15, 0.2) is 0 Å². The van der Waals surface area contributed by atoms with Crippen molar-refractivity contribution in [3.8, 4) is 0 Å². The van der Waals surface area contributed by atoms with Crippen LogP contribution in [-0.4, -0.2) is 22.4 Å². The molecule has 1 rings (SSSR count). The van der Waals surface area contributed by atoms with Crippen LogP contribution in [0.4, 0.5) is 0 Å². The highest BCUT2D eigenvalue weighted by Crippen LogP contribution is 2.47. The number of hydrogen-bond acceptors (Lipinski definition) is 2. The van der Waals surface area contributed by atoms with Crippen molar-refractivity contribution in [1.82, 2.24) is 0 Å². The minimum Gasteiger partial charge on any atom is -0.392 e. The SMILES string of the molecule is CC(C)=CCC(C=CC(C)=CC=CC(C)=CC=CC(C)=CC=CC=C(C)C=CC=C(C)C=CC1C(C)=CCC(CC=C(C)CO)C1(C)C)C(C)(C)O. The average molecular weight is 705 g/mol. The quantitative estimate of drug-likeness (QED) is 0.110. The Kier molecular flexibility index (Phi) is 21.2. The first-order valence-corrected chi connectivity index (χ1v) is 19.1. The van der Waals surface area contributed by atoms with Gasteiger partial charge in [-0.2, -0.15) is 0 Å². The van der Waals surface area contributed by atoms with E-state index >= 15 is 0 Å². The molecular weight excluding hydrogens is 633 g/mol. The van der Waals surface area contributed by atoms with Crippen molar-refractivity contribution in [2.75, 3.05) is 6.61 Å². The molecule has 3 unspecified atom stereocenters. The second-order valence-corrected chi connectivity index (χ2v) is 16.1. The number of rotatable bonds is 18. The van der Waals surface area contributed by atoms with Gasteiger partial charge in [-0.25, -0.2) is 0 Å². The fourth-order valence-corrected chi connectivity index (χ4v) is 6.04. The maximum Gasteiger partial charge on any atom is 0.0657 e. The standard InChI is InChI=1S/C50H72O2/c1-38(2)27-32-47(50(12,13)52)34-28-42(6)25-18-24-41(5)23-16-21-39(3)19-14-15-20-40(4)22-17-26-43(7)30-36-48-45(9)31-35-46(49(48,10)11)33-29-44(8)37-51/h14-31,34,36,46-48,51-52H,32-33,35,37H2,1-13H3. The van der Waals surface area contributed by atoms with Gasteiger partial charge in [0.1, 0.15) is 0 Å². The number of aliphatic hydroxyl groups excluding tert-OH is 1. The number of allylic oxidation sites excluding steroid dienone is 26. The van der Waals surface area contributed by atoms with Crippen molar-refractivity contribution >= 4 is 0 Å². The topological polar surface area (TPSA) is 40.5 Å². The molecule has 0 aromatic carbocycles. The second-order valence-electron chi connectivity index (χ2n) is 16.1. The summed E-state index contributed by atoms with van der Waals surface area (Å²) in [5.74, 6) is 1.04. The zero-order chi connectivity index (χ0) is 39.3. The molecule has 1 aliphatic carbocycles. The van der Waals surface area contributed by atoms with E-state index in [4.69, 9.17) is 0 Å². The van der Waals surface area contributed by atoms with Gasteiger partial charge in [0.05, 0.1) is 12.2 Å². The van der Waals surface area contributed by atoms with Crippen molar-refractivity contribution in [1.29, 1.82) is 0 Å². The zero-order valence-corrected chi connectivity index (χ0v) is 35.0. The van der Waals surface area contributed by atoms with Gasteiger partial charge in [-0.3, -0.25) is 0 Å². The first-order chi connectivity index (χ1) is 24.4. The predicted molar refractivity (Wildman–Crippen MR) is 232 cm³/mol. The maximum atomic E-state index is 10.5. The Morgan fingerprint density at radius 2 is 1.19 bits per heavy atom. The normalized spacial score (nSPS) is 21.2. The summed E-state index contributed by atoms with van der Waals surface area (Å²) in [6, 6.07) is 0. The van der Waals surface area contributed by atoms with Crippen LogP contribution in [0, 0.1) is 23.2 Å². The van der Waals surface area contributed by atoms with E-state index in [0.717, 1.165) is 30.4 Å². The lowest BCUT2D eigenvalue weighted by molar-refractivity contribution is 0.0380. The van der Waals surface area contributed by atoms with Gasteiger partial charge in [-0.1, -0.05) is 180 Å². The lowest BCUT2D eigenvalue weighted by Crippen LogP contribution is -2.35. The molecule has 0 aliphatic heterocycles. The molecule has 0 saturated carbocycles. The highest BCUT2D eigenvalue weighted by Gasteiger charge is 2.38. The minimum absolute atomic E-state index is 0.0722. The monoisotopic (exact) mass is 705 g/mol. The van der Waals surface area contributed by atoms with Crippen molar-refractivity contribution in [2.45, 2.75) is 115 Å². The third-order valence-corrected chi connectivity index (χ3v) is 9.88. The molecule has 284 valence electrons. The van der Waals surface area contributed by atoms with Gasteiger partial charge in [0, 0.05) is 11.8 Å². The van der Waals surface area contributed by atoms with E-state index in [1.807, 2.05) is 20.8 Å². The molecule has 0 fully saturated rings. The Morgan fingerprint density at radius 3 is 1.65 bits per heavy atom. The van der Waals surface area contributed by atoms with Crippen molar-refractivity contribution < 1.29 is 10.2 Å². The largest absolute Gasteiger partial charge is 0.392 e. The third kappa shape index (κ3) is 19.2. The Bertz CT molecular complexity index is 1560. The second kappa shape index (κ2) is 23.8. The molecule has 1 aliphatic rings. The molecule has 0 saturated heterocycles. The molecule has 0 spiro atoms. The summed E-state index contributed by atoms with van der Waals surface area (Å²) >= 11 is 0. The van der Waals surface area contributed by atoms with Crippen LogP contribution in [-0.2, 0) is 0 Å². The maximum absolute atomic E-state index is 10.5. The molecule has 52 heavy (non-hydrogen) atoms. The van der Waals surface area contributed by atoms with Crippen LogP contribution in [0.3, 0.4) is 0 Å². The van der Waals surface area contributed by atoms with Crippen LogP contribution in [0.2, 0.25) is 0 Å². The van der Waals surface area contributed by atoms with Gasteiger partial charge in [-0.05, 0) is 107 Å². The van der Waals surface area contributed by atoms with E-state index in [0.29, 0.717) is 11.8 Å². The van der Waals surface area contributed by atoms with Gasteiger partial charge in [-0.15, -0.1) is 0 Å². The van der Waals surface area contributed by atoms with Gasteiger partial charge in [0.25, 0.3) is 0 Å². The fraction of sp³-hybridized carbons (Fsp3) is 0.440. The first-order valence-electron chi connectivity index (χ1n) is 19.1. The van der Waals surface area contributed by atoms with E-state index in [-0.39, 0.29) is 17.9 Å². The van der Waals surface area contributed by atoms with Crippen molar-refractivity contribution in [2.24, 2.45) is 23.2 Å². The molecule has 0 bridgehead atoms. The molecule has 0 amide bonds. The summed E-state index contributed by atoms with van der Waals surface area (Å²) in [6.45, 7) is 27.7. The third-order valence-electron chi connectivity index (χ3n) is 9.88. The van der Waals surface area contributed by atoms with E-state index in [9.17, 15) is 10.2 Å². The molecule has 2 heteroatoms. The molecule has 0 aromatic heterocycles. The summed E-state index contributed by atoms with van der Waals surface area (Å²) in [5.41, 5.74) is 9.10. The van der Waals surface area contributed by atoms with E-state index in [2.05, 4.69) is 191 Å². The summed E-state index contributed by atoms with van der Waals surface area (Å²) < 4.78 is 0. The smallest absolute Gasteiger partial charge is 0.0657 e. The van der Waals surface area contributed by atoms with Crippen LogP contribution in [0.15, 0.2) is 166 Å². The highest BCUT2D eigenvalue weighted by atomic mass is 16.3. The van der Waals surface area contributed by atoms with Crippen LogP contribution in [0.25, 0.3) is 0 Å². The molecule has 2 nitrogen and oxygen atoms in total. The van der Waals surface area contributed by atoms with Crippen molar-refractivity contribution in [3.63, 3.8) is 0 Å². The van der Waals surface area contributed by atoms with Crippen LogP contribution in [0.5, 0.6) is 0 Å². The van der Waals surface area contributed by atoms with Crippen LogP contribution >= 0.6 is 0 Å². The van der Waals surface area contributed by atoms with Crippen LogP contribution < -0.4 is 0 Å². The van der Waals surface area contributed by atoms with Gasteiger partial charge < -0.3 is 10.2 Å². The zero-order valence-electron chi connectivity index (χ0n) is 35.0.